The predicted molar refractivity (Wildman–Crippen MR) is 64.3 cm³/mol. The molecule has 0 aliphatic rings. The molecule has 0 atom stereocenters. The first-order chi connectivity index (χ1) is 7.11. The van der Waals surface area contributed by atoms with Crippen LogP contribution in [0.15, 0.2) is 9.98 Å². The first-order valence-electron chi connectivity index (χ1n) is 5.06. The van der Waals surface area contributed by atoms with Crippen molar-refractivity contribution in [1.82, 2.24) is 10.2 Å². The quantitative estimate of drug-likeness (QED) is 0.756. The Labute approximate surface area is 90.5 Å². The second-order valence-corrected chi connectivity index (χ2v) is 3.75. The highest BCUT2D eigenvalue weighted by atomic mass is 15.1. The van der Waals surface area contributed by atoms with Gasteiger partial charge in [0.1, 0.15) is 5.69 Å². The molecule has 1 aromatic heterocycles. The molecule has 4 nitrogen and oxygen atoms in total. The number of hydrogen-bond acceptors (Lipinski definition) is 3. The number of rotatable bonds is 3. The van der Waals surface area contributed by atoms with Crippen LogP contribution in [0.25, 0.3) is 0 Å². The fourth-order valence-corrected chi connectivity index (χ4v) is 1.45. The molecule has 0 aliphatic heterocycles. The average molecular weight is 206 g/mol. The second kappa shape index (κ2) is 4.87. The summed E-state index contributed by atoms with van der Waals surface area (Å²) in [6.07, 6.45) is 1.84. The highest BCUT2D eigenvalue weighted by Gasteiger charge is 2.15. The summed E-state index contributed by atoms with van der Waals surface area (Å²) in [6.45, 7) is 6.21. The van der Waals surface area contributed by atoms with Gasteiger partial charge in [0.05, 0.1) is 5.71 Å². The molecule has 82 valence electrons. The first-order valence-corrected chi connectivity index (χ1v) is 5.06. The fraction of sp³-hybridized carbons (Fsp3) is 0.545. The molecule has 0 bridgehead atoms. The Hall–Kier alpha value is -1.45. The number of nitrogens with zero attached hydrogens (tertiary/aromatic N) is 3. The molecule has 4 heteroatoms. The molecule has 0 spiro atoms. The fourth-order valence-electron chi connectivity index (χ4n) is 1.45. The van der Waals surface area contributed by atoms with Gasteiger partial charge in [-0.15, -0.1) is 0 Å². The van der Waals surface area contributed by atoms with E-state index in [0.717, 1.165) is 22.7 Å². The van der Waals surface area contributed by atoms with Crippen molar-refractivity contribution in [3.8, 4) is 0 Å². The van der Waals surface area contributed by atoms with E-state index in [9.17, 15) is 0 Å². The highest BCUT2D eigenvalue weighted by Crippen LogP contribution is 2.18. The standard InChI is InChI=1S/C11H18N4/c1-7(2)10-9(6-12-4)11(15-14-10)8(3)13-5/h6-7H,1-5H3,(H,14,15). The summed E-state index contributed by atoms with van der Waals surface area (Å²) in [5.41, 5.74) is 3.98. The molecule has 0 amide bonds. The Balaban J connectivity index is 3.30. The maximum absolute atomic E-state index is 4.28. The van der Waals surface area contributed by atoms with Gasteiger partial charge in [-0.2, -0.15) is 5.10 Å². The van der Waals surface area contributed by atoms with Crippen LogP contribution in [0.1, 0.15) is 43.6 Å². The molecule has 1 N–H and O–H groups in total. The Morgan fingerprint density at radius 2 is 2.07 bits per heavy atom. The summed E-state index contributed by atoms with van der Waals surface area (Å²) in [7, 11) is 3.53. The largest absolute Gasteiger partial charge is 0.296 e. The van der Waals surface area contributed by atoms with Gasteiger partial charge < -0.3 is 0 Å². The van der Waals surface area contributed by atoms with Crippen molar-refractivity contribution in [2.45, 2.75) is 26.7 Å². The van der Waals surface area contributed by atoms with E-state index in [2.05, 4.69) is 34.0 Å². The number of aliphatic imine (C=N–C) groups is 2. The lowest BCUT2D eigenvalue weighted by Crippen LogP contribution is -2.01. The van der Waals surface area contributed by atoms with Crippen LogP contribution >= 0.6 is 0 Å². The normalized spacial score (nSPS) is 13.1. The average Bonchev–Trinajstić information content (AvgIpc) is 2.61. The van der Waals surface area contributed by atoms with Crippen LogP contribution in [0.2, 0.25) is 0 Å². The zero-order valence-corrected chi connectivity index (χ0v) is 10.00. The Morgan fingerprint density at radius 1 is 1.40 bits per heavy atom. The minimum atomic E-state index is 0.406. The van der Waals surface area contributed by atoms with Crippen molar-refractivity contribution in [3.63, 3.8) is 0 Å². The first kappa shape index (κ1) is 11.6. The number of nitrogens with one attached hydrogen (secondary N) is 1. The van der Waals surface area contributed by atoms with Gasteiger partial charge in [0.2, 0.25) is 0 Å². The molecule has 1 rings (SSSR count). The van der Waals surface area contributed by atoms with E-state index in [-0.39, 0.29) is 0 Å². The summed E-state index contributed by atoms with van der Waals surface area (Å²) >= 11 is 0. The molecule has 0 aliphatic carbocycles. The van der Waals surface area contributed by atoms with Gasteiger partial charge in [-0.1, -0.05) is 13.8 Å². The summed E-state index contributed by atoms with van der Waals surface area (Å²) < 4.78 is 0. The molecule has 0 fully saturated rings. The van der Waals surface area contributed by atoms with Gasteiger partial charge >= 0.3 is 0 Å². The van der Waals surface area contributed by atoms with Gasteiger partial charge in [0.15, 0.2) is 0 Å². The van der Waals surface area contributed by atoms with Gasteiger partial charge in [-0.3, -0.25) is 15.1 Å². The number of aromatic nitrogens is 2. The van der Waals surface area contributed by atoms with Gasteiger partial charge in [0.25, 0.3) is 0 Å². The van der Waals surface area contributed by atoms with Crippen LogP contribution in [0.5, 0.6) is 0 Å². The molecule has 0 radical (unpaired) electrons. The van der Waals surface area contributed by atoms with Crippen molar-refractivity contribution >= 4 is 11.9 Å². The molecule has 1 aromatic rings. The van der Waals surface area contributed by atoms with Gasteiger partial charge in [-0.25, -0.2) is 0 Å². The zero-order valence-electron chi connectivity index (χ0n) is 10.00. The van der Waals surface area contributed by atoms with E-state index < -0.39 is 0 Å². The van der Waals surface area contributed by atoms with E-state index in [1.165, 1.54) is 0 Å². The molecule has 0 unspecified atom stereocenters. The summed E-state index contributed by atoms with van der Waals surface area (Å²) in [5.74, 6) is 0.406. The second-order valence-electron chi connectivity index (χ2n) is 3.75. The molecule has 0 saturated carbocycles. The van der Waals surface area contributed by atoms with Crippen LogP contribution < -0.4 is 0 Å². The van der Waals surface area contributed by atoms with Crippen LogP contribution in [0.3, 0.4) is 0 Å². The van der Waals surface area contributed by atoms with Crippen molar-refractivity contribution in [2.24, 2.45) is 9.98 Å². The van der Waals surface area contributed by atoms with Gasteiger partial charge in [-0.05, 0) is 12.8 Å². The van der Waals surface area contributed by atoms with Crippen molar-refractivity contribution in [1.29, 1.82) is 0 Å². The highest BCUT2D eigenvalue weighted by molar-refractivity contribution is 6.04. The van der Waals surface area contributed by atoms with E-state index in [0.29, 0.717) is 5.92 Å². The molecule has 0 aromatic carbocycles. The SMILES string of the molecule is CN=Cc1c(C(C)=NC)n[nH]c1C(C)C. The van der Waals surface area contributed by atoms with Crippen LogP contribution in [0, 0.1) is 0 Å². The third-order valence-corrected chi connectivity index (χ3v) is 2.35. The summed E-state index contributed by atoms with van der Waals surface area (Å²) in [4.78, 5) is 8.21. The predicted octanol–water partition coefficient (Wildman–Crippen LogP) is 2.02. The van der Waals surface area contributed by atoms with E-state index >= 15 is 0 Å². The molecular formula is C11H18N4. The lowest BCUT2D eigenvalue weighted by molar-refractivity contribution is 0.809. The minimum absolute atomic E-state index is 0.406. The zero-order chi connectivity index (χ0) is 11.4. The lowest BCUT2D eigenvalue weighted by atomic mass is 10.0. The van der Waals surface area contributed by atoms with Crippen molar-refractivity contribution in [2.75, 3.05) is 14.1 Å². The summed E-state index contributed by atoms with van der Waals surface area (Å²) in [5, 5.41) is 7.33. The molecular weight excluding hydrogens is 188 g/mol. The number of aromatic amines is 1. The number of H-pyrrole nitrogens is 1. The van der Waals surface area contributed by atoms with Crippen molar-refractivity contribution < 1.29 is 0 Å². The molecule has 1 heterocycles. The Bertz CT molecular complexity index is 385. The summed E-state index contributed by atoms with van der Waals surface area (Å²) in [6, 6.07) is 0. The maximum Gasteiger partial charge on any atom is 0.115 e. The topological polar surface area (TPSA) is 53.4 Å². The Kier molecular flexibility index (Phi) is 3.77. The van der Waals surface area contributed by atoms with E-state index in [1.54, 1.807) is 14.1 Å². The minimum Gasteiger partial charge on any atom is -0.296 e. The van der Waals surface area contributed by atoms with Crippen LogP contribution in [-0.4, -0.2) is 36.2 Å². The van der Waals surface area contributed by atoms with Crippen molar-refractivity contribution in [3.05, 3.63) is 17.0 Å². The van der Waals surface area contributed by atoms with E-state index in [4.69, 9.17) is 0 Å². The smallest absolute Gasteiger partial charge is 0.115 e. The lowest BCUT2D eigenvalue weighted by Gasteiger charge is -2.03. The number of hydrogen-bond donors (Lipinski definition) is 1. The van der Waals surface area contributed by atoms with E-state index in [1.807, 2.05) is 13.1 Å². The van der Waals surface area contributed by atoms with Gasteiger partial charge in [0, 0.05) is 31.6 Å². The molecule has 15 heavy (non-hydrogen) atoms. The van der Waals surface area contributed by atoms with Crippen LogP contribution in [-0.2, 0) is 0 Å². The maximum atomic E-state index is 4.28. The third kappa shape index (κ3) is 2.32. The Morgan fingerprint density at radius 3 is 2.53 bits per heavy atom. The van der Waals surface area contributed by atoms with Crippen LogP contribution in [0.4, 0.5) is 0 Å². The third-order valence-electron chi connectivity index (χ3n) is 2.35. The molecule has 0 saturated heterocycles. The monoisotopic (exact) mass is 206 g/mol.